The van der Waals surface area contributed by atoms with E-state index in [1.165, 1.54) is 12.3 Å². The molecular formula is C17H16ClN3O4. The number of nitrogens with zero attached hydrogens (tertiary/aromatic N) is 2. The third-order valence-electron chi connectivity index (χ3n) is 3.35. The van der Waals surface area contributed by atoms with E-state index in [0.717, 1.165) is 5.56 Å². The minimum absolute atomic E-state index is 0.0304. The number of pyridine rings is 1. The van der Waals surface area contributed by atoms with E-state index in [-0.39, 0.29) is 29.4 Å². The smallest absolute Gasteiger partial charge is 0.407 e. The van der Waals surface area contributed by atoms with E-state index in [4.69, 9.17) is 21.6 Å². The highest BCUT2D eigenvalue weighted by Crippen LogP contribution is 2.24. The van der Waals surface area contributed by atoms with Crippen LogP contribution in [-0.4, -0.2) is 33.9 Å². The molecule has 8 heteroatoms. The molecule has 0 fully saturated rings. The van der Waals surface area contributed by atoms with Gasteiger partial charge in [0.15, 0.2) is 0 Å². The van der Waals surface area contributed by atoms with Crippen molar-refractivity contribution in [1.82, 2.24) is 10.3 Å². The summed E-state index contributed by atoms with van der Waals surface area (Å²) in [6, 6.07) is 12.3. The average Bonchev–Trinajstić information content (AvgIpc) is 2.65. The Labute approximate surface area is 149 Å². The second-order valence-electron chi connectivity index (χ2n) is 5.17. The molecule has 0 spiro atoms. The first-order valence-corrected chi connectivity index (χ1v) is 7.75. The minimum atomic E-state index is -1.41. The van der Waals surface area contributed by atoms with Gasteiger partial charge in [0.05, 0.1) is 5.56 Å². The zero-order valence-corrected chi connectivity index (χ0v) is 13.8. The number of hydrogen-bond donors (Lipinski definition) is 3. The number of benzene rings is 1. The molecule has 0 aliphatic heterocycles. The van der Waals surface area contributed by atoms with Crippen molar-refractivity contribution in [2.75, 3.05) is 6.54 Å². The maximum Gasteiger partial charge on any atom is 0.407 e. The molecule has 1 aromatic heterocycles. The molecule has 0 saturated carbocycles. The van der Waals surface area contributed by atoms with Crippen molar-refractivity contribution >= 4 is 17.7 Å². The second-order valence-corrected chi connectivity index (χ2v) is 5.53. The van der Waals surface area contributed by atoms with Crippen molar-refractivity contribution < 1.29 is 19.7 Å². The van der Waals surface area contributed by atoms with Gasteiger partial charge in [-0.3, -0.25) is 0 Å². The van der Waals surface area contributed by atoms with Crippen molar-refractivity contribution in [2.45, 2.75) is 18.8 Å². The topological polar surface area (TPSA) is 115 Å². The van der Waals surface area contributed by atoms with Gasteiger partial charge in [0.1, 0.15) is 30.0 Å². The van der Waals surface area contributed by atoms with Crippen molar-refractivity contribution in [1.29, 1.82) is 5.26 Å². The Morgan fingerprint density at radius 1 is 1.36 bits per heavy atom. The number of aliphatic hydroxyl groups excluding tert-OH is 2. The summed E-state index contributed by atoms with van der Waals surface area (Å²) in [5, 5.41) is 31.3. The number of hydrogen-bond acceptors (Lipinski definition) is 6. The number of nitrogens with one attached hydrogen (secondary N) is 1. The van der Waals surface area contributed by atoms with Gasteiger partial charge in [-0.2, -0.15) is 5.26 Å². The monoisotopic (exact) mass is 361 g/mol. The van der Waals surface area contributed by atoms with Crippen LogP contribution in [-0.2, 0) is 11.3 Å². The zero-order chi connectivity index (χ0) is 18.2. The van der Waals surface area contributed by atoms with Crippen molar-refractivity contribution in [3.8, 4) is 6.07 Å². The van der Waals surface area contributed by atoms with Crippen LogP contribution in [0.3, 0.4) is 0 Å². The zero-order valence-electron chi connectivity index (χ0n) is 13.1. The number of aliphatic hydroxyl groups is 2. The van der Waals surface area contributed by atoms with Crippen LogP contribution < -0.4 is 5.32 Å². The predicted molar refractivity (Wildman–Crippen MR) is 89.6 cm³/mol. The summed E-state index contributed by atoms with van der Waals surface area (Å²) in [7, 11) is 0. The Balaban J connectivity index is 1.86. The molecule has 0 radical (unpaired) electrons. The molecule has 1 heterocycles. The lowest BCUT2D eigenvalue weighted by Gasteiger charge is -2.19. The number of ether oxygens (including phenoxy) is 1. The van der Waals surface area contributed by atoms with Gasteiger partial charge in [-0.05, 0) is 11.6 Å². The number of amides is 1. The Hall–Kier alpha value is -2.66. The van der Waals surface area contributed by atoms with E-state index in [1.54, 1.807) is 0 Å². The van der Waals surface area contributed by atoms with Crippen LogP contribution >= 0.6 is 11.6 Å². The van der Waals surface area contributed by atoms with E-state index in [9.17, 15) is 15.0 Å². The highest BCUT2D eigenvalue weighted by molar-refractivity contribution is 6.30. The lowest BCUT2D eigenvalue weighted by atomic mass is 10.0. The van der Waals surface area contributed by atoms with E-state index in [2.05, 4.69) is 10.3 Å². The average molecular weight is 362 g/mol. The van der Waals surface area contributed by atoms with Crippen LogP contribution in [0.25, 0.3) is 0 Å². The van der Waals surface area contributed by atoms with E-state index in [1.807, 2.05) is 36.4 Å². The van der Waals surface area contributed by atoms with Gasteiger partial charge in [0, 0.05) is 18.3 Å². The second kappa shape index (κ2) is 8.99. The molecule has 130 valence electrons. The van der Waals surface area contributed by atoms with Crippen LogP contribution in [0.2, 0.25) is 5.15 Å². The van der Waals surface area contributed by atoms with Crippen LogP contribution in [0.1, 0.15) is 22.8 Å². The fraction of sp³-hybridized carbons (Fsp3) is 0.235. The summed E-state index contributed by atoms with van der Waals surface area (Å²) in [4.78, 5) is 15.4. The molecular weight excluding hydrogens is 346 g/mol. The SMILES string of the molecule is N#Cc1cnc(Cl)c(C(O)C(O)CNC(=O)OCc2ccccc2)c1. The van der Waals surface area contributed by atoms with Crippen LogP contribution in [0, 0.1) is 11.3 Å². The summed E-state index contributed by atoms with van der Waals surface area (Å²) in [5.41, 5.74) is 1.12. The number of nitriles is 1. The van der Waals surface area contributed by atoms with E-state index >= 15 is 0 Å². The van der Waals surface area contributed by atoms with Gasteiger partial charge in [-0.25, -0.2) is 9.78 Å². The fourth-order valence-electron chi connectivity index (χ4n) is 2.01. The molecule has 2 unspecified atom stereocenters. The maximum atomic E-state index is 11.6. The quantitative estimate of drug-likeness (QED) is 0.677. The molecule has 1 aromatic carbocycles. The van der Waals surface area contributed by atoms with Crippen LogP contribution in [0.5, 0.6) is 0 Å². The van der Waals surface area contributed by atoms with E-state index in [0.29, 0.717) is 0 Å². The first-order valence-electron chi connectivity index (χ1n) is 7.37. The number of rotatable bonds is 6. The molecule has 0 aliphatic rings. The van der Waals surface area contributed by atoms with Gasteiger partial charge in [-0.1, -0.05) is 41.9 Å². The third-order valence-corrected chi connectivity index (χ3v) is 3.66. The standard InChI is InChI=1S/C17H16ClN3O4/c18-16-13(6-12(7-19)8-20-16)15(23)14(22)9-21-17(24)25-10-11-4-2-1-3-5-11/h1-6,8,14-15,22-23H,9-10H2,(H,21,24). The molecule has 2 rings (SSSR count). The minimum Gasteiger partial charge on any atom is -0.445 e. The lowest BCUT2D eigenvalue weighted by Crippen LogP contribution is -2.36. The summed E-state index contributed by atoms with van der Waals surface area (Å²) < 4.78 is 5.00. The molecule has 25 heavy (non-hydrogen) atoms. The molecule has 2 aromatic rings. The Morgan fingerprint density at radius 3 is 2.76 bits per heavy atom. The fourth-order valence-corrected chi connectivity index (χ4v) is 2.23. The lowest BCUT2D eigenvalue weighted by molar-refractivity contribution is 0.0182. The van der Waals surface area contributed by atoms with E-state index < -0.39 is 18.3 Å². The van der Waals surface area contributed by atoms with Crippen molar-refractivity contribution in [2.24, 2.45) is 0 Å². The normalized spacial score (nSPS) is 12.7. The molecule has 0 bridgehead atoms. The maximum absolute atomic E-state index is 11.6. The van der Waals surface area contributed by atoms with Crippen LogP contribution in [0.4, 0.5) is 4.79 Å². The number of carbonyl (C=O) groups excluding carboxylic acids is 1. The molecule has 0 aliphatic carbocycles. The molecule has 0 saturated heterocycles. The highest BCUT2D eigenvalue weighted by atomic mass is 35.5. The van der Waals surface area contributed by atoms with Gasteiger partial charge < -0.3 is 20.3 Å². The van der Waals surface area contributed by atoms with Gasteiger partial charge >= 0.3 is 6.09 Å². The predicted octanol–water partition coefficient (Wildman–Crippen LogP) is 1.93. The van der Waals surface area contributed by atoms with Gasteiger partial charge in [-0.15, -0.1) is 0 Å². The van der Waals surface area contributed by atoms with Crippen LogP contribution in [0.15, 0.2) is 42.6 Å². The van der Waals surface area contributed by atoms with Gasteiger partial charge in [0.25, 0.3) is 0 Å². The first kappa shape index (κ1) is 18.7. The first-order chi connectivity index (χ1) is 12.0. The number of carbonyl (C=O) groups is 1. The molecule has 1 amide bonds. The van der Waals surface area contributed by atoms with Crippen molar-refractivity contribution in [3.05, 3.63) is 64.4 Å². The largest absolute Gasteiger partial charge is 0.445 e. The summed E-state index contributed by atoms with van der Waals surface area (Å²) >= 11 is 5.87. The summed E-state index contributed by atoms with van der Waals surface area (Å²) in [5.74, 6) is 0. The summed E-state index contributed by atoms with van der Waals surface area (Å²) in [6.45, 7) is -0.173. The van der Waals surface area contributed by atoms with Crippen molar-refractivity contribution in [3.63, 3.8) is 0 Å². The molecule has 2 atom stereocenters. The molecule has 3 N–H and O–H groups in total. The number of alkyl carbamates (subject to hydrolysis) is 1. The highest BCUT2D eigenvalue weighted by Gasteiger charge is 2.22. The summed E-state index contributed by atoms with van der Waals surface area (Å²) in [6.07, 6.45) is -2.24. The Morgan fingerprint density at radius 2 is 2.08 bits per heavy atom. The number of halogens is 1. The number of aromatic nitrogens is 1. The van der Waals surface area contributed by atoms with Gasteiger partial charge in [0.2, 0.25) is 0 Å². The Kier molecular flexibility index (Phi) is 6.71. The Bertz CT molecular complexity index is 764. The molecule has 7 nitrogen and oxygen atoms in total. The third kappa shape index (κ3) is 5.43.